The van der Waals surface area contributed by atoms with Crippen molar-refractivity contribution in [2.75, 3.05) is 20.2 Å². The van der Waals surface area contributed by atoms with Gasteiger partial charge in [0.2, 0.25) is 5.91 Å². The predicted octanol–water partition coefficient (Wildman–Crippen LogP) is -0.195. The Morgan fingerprint density at radius 1 is 1.32 bits per heavy atom. The van der Waals surface area contributed by atoms with Crippen molar-refractivity contribution in [1.29, 1.82) is 0 Å². The van der Waals surface area contributed by atoms with Crippen molar-refractivity contribution in [3.8, 4) is 0 Å². The van der Waals surface area contributed by atoms with Gasteiger partial charge in [-0.2, -0.15) is 0 Å². The number of amides is 1. The number of aliphatic hydroxyl groups is 1. The van der Waals surface area contributed by atoms with Gasteiger partial charge in [-0.25, -0.2) is 4.79 Å². The quantitative estimate of drug-likeness (QED) is 0.583. The summed E-state index contributed by atoms with van der Waals surface area (Å²) >= 11 is 0. The zero-order chi connectivity index (χ0) is 14.3. The summed E-state index contributed by atoms with van der Waals surface area (Å²) < 4.78 is 4.64. The van der Waals surface area contributed by atoms with E-state index in [0.717, 1.165) is 32.2 Å². The van der Waals surface area contributed by atoms with Crippen LogP contribution in [0.5, 0.6) is 0 Å². The summed E-state index contributed by atoms with van der Waals surface area (Å²) in [5.41, 5.74) is 0. The molecular weight excluding hydrogens is 248 g/mol. The summed E-state index contributed by atoms with van der Waals surface area (Å²) in [6.45, 7) is 2.53. The zero-order valence-corrected chi connectivity index (χ0v) is 11.6. The Labute approximate surface area is 113 Å². The Morgan fingerprint density at radius 2 is 1.95 bits per heavy atom. The van der Waals surface area contributed by atoms with Crippen molar-refractivity contribution in [3.05, 3.63) is 0 Å². The standard InChI is InChI=1S/C13H24N2O4/c1-9(16)15-12(13(18)19-2)8-14-7-10-3-5-11(17)6-4-10/h10-12,14,17H,3-8H2,1-2H3,(H,15,16). The fourth-order valence-corrected chi connectivity index (χ4v) is 2.36. The Balaban J connectivity index is 2.27. The smallest absolute Gasteiger partial charge is 0.329 e. The van der Waals surface area contributed by atoms with Crippen LogP contribution in [0.3, 0.4) is 0 Å². The molecule has 0 heterocycles. The average Bonchev–Trinajstić information content (AvgIpc) is 2.38. The van der Waals surface area contributed by atoms with Gasteiger partial charge in [0.1, 0.15) is 6.04 Å². The summed E-state index contributed by atoms with van der Waals surface area (Å²) in [6, 6.07) is -0.642. The van der Waals surface area contributed by atoms with Gasteiger partial charge in [0.25, 0.3) is 0 Å². The maximum absolute atomic E-state index is 11.5. The van der Waals surface area contributed by atoms with Crippen LogP contribution in [0.4, 0.5) is 0 Å². The number of esters is 1. The molecule has 1 aliphatic rings. The van der Waals surface area contributed by atoms with E-state index in [-0.39, 0.29) is 12.0 Å². The third-order valence-electron chi connectivity index (χ3n) is 3.46. The van der Waals surface area contributed by atoms with E-state index >= 15 is 0 Å². The minimum Gasteiger partial charge on any atom is -0.467 e. The number of rotatable bonds is 6. The number of nitrogens with one attached hydrogen (secondary N) is 2. The van der Waals surface area contributed by atoms with Crippen LogP contribution in [0.1, 0.15) is 32.6 Å². The van der Waals surface area contributed by atoms with E-state index in [9.17, 15) is 14.7 Å². The van der Waals surface area contributed by atoms with Crippen LogP contribution in [-0.2, 0) is 14.3 Å². The molecule has 0 spiro atoms. The van der Waals surface area contributed by atoms with E-state index < -0.39 is 12.0 Å². The molecule has 1 amide bonds. The molecule has 1 saturated carbocycles. The fraction of sp³-hybridized carbons (Fsp3) is 0.846. The van der Waals surface area contributed by atoms with Crippen molar-refractivity contribution in [2.45, 2.75) is 44.8 Å². The Kier molecular flexibility index (Phi) is 6.80. The minimum absolute atomic E-state index is 0.154. The summed E-state index contributed by atoms with van der Waals surface area (Å²) in [7, 11) is 1.31. The SMILES string of the molecule is COC(=O)C(CNCC1CCC(O)CC1)NC(C)=O. The van der Waals surface area contributed by atoms with E-state index in [1.54, 1.807) is 0 Å². The molecule has 6 nitrogen and oxygen atoms in total. The van der Waals surface area contributed by atoms with Crippen LogP contribution < -0.4 is 10.6 Å². The summed E-state index contributed by atoms with van der Waals surface area (Å²) in [5.74, 6) is -0.168. The molecule has 0 saturated heterocycles. The summed E-state index contributed by atoms with van der Waals surface area (Å²) in [5, 5.41) is 15.2. The Morgan fingerprint density at radius 3 is 2.47 bits per heavy atom. The fourth-order valence-electron chi connectivity index (χ4n) is 2.36. The molecule has 1 aliphatic carbocycles. The first-order valence-electron chi connectivity index (χ1n) is 6.76. The van der Waals surface area contributed by atoms with Crippen LogP contribution in [0.15, 0.2) is 0 Å². The van der Waals surface area contributed by atoms with Gasteiger partial charge in [0.05, 0.1) is 13.2 Å². The lowest BCUT2D eigenvalue weighted by molar-refractivity contribution is -0.144. The van der Waals surface area contributed by atoms with Gasteiger partial charge >= 0.3 is 5.97 Å². The second-order valence-corrected chi connectivity index (χ2v) is 5.11. The lowest BCUT2D eigenvalue weighted by Crippen LogP contribution is -2.48. The Hall–Kier alpha value is -1.14. The van der Waals surface area contributed by atoms with Crippen molar-refractivity contribution < 1.29 is 19.4 Å². The summed E-state index contributed by atoms with van der Waals surface area (Å²) in [4.78, 5) is 22.5. The van der Waals surface area contributed by atoms with Gasteiger partial charge in [-0.05, 0) is 38.1 Å². The van der Waals surface area contributed by atoms with Crippen LogP contribution in [-0.4, -0.2) is 49.3 Å². The minimum atomic E-state index is -0.642. The number of hydrogen-bond donors (Lipinski definition) is 3. The van der Waals surface area contributed by atoms with E-state index in [1.807, 2.05) is 0 Å². The predicted molar refractivity (Wildman–Crippen MR) is 70.5 cm³/mol. The highest BCUT2D eigenvalue weighted by atomic mass is 16.5. The van der Waals surface area contributed by atoms with Crippen LogP contribution in [0, 0.1) is 5.92 Å². The number of hydrogen-bond acceptors (Lipinski definition) is 5. The molecule has 6 heteroatoms. The van der Waals surface area contributed by atoms with Crippen molar-refractivity contribution in [1.82, 2.24) is 10.6 Å². The number of carbonyl (C=O) groups excluding carboxylic acids is 2. The maximum Gasteiger partial charge on any atom is 0.329 e. The lowest BCUT2D eigenvalue weighted by atomic mass is 9.87. The second-order valence-electron chi connectivity index (χ2n) is 5.11. The molecule has 19 heavy (non-hydrogen) atoms. The van der Waals surface area contributed by atoms with Crippen molar-refractivity contribution >= 4 is 11.9 Å². The second kappa shape index (κ2) is 8.12. The number of carbonyl (C=O) groups is 2. The third kappa shape index (κ3) is 6.02. The highest BCUT2D eigenvalue weighted by Crippen LogP contribution is 2.23. The molecule has 0 aromatic carbocycles. The van der Waals surface area contributed by atoms with Gasteiger partial charge in [0.15, 0.2) is 0 Å². The highest BCUT2D eigenvalue weighted by molar-refractivity contribution is 5.83. The van der Waals surface area contributed by atoms with Crippen LogP contribution >= 0.6 is 0 Å². The maximum atomic E-state index is 11.5. The molecule has 3 N–H and O–H groups in total. The molecule has 0 aromatic heterocycles. The van der Waals surface area contributed by atoms with E-state index in [1.165, 1.54) is 14.0 Å². The number of ether oxygens (including phenoxy) is 1. The molecule has 0 aromatic rings. The van der Waals surface area contributed by atoms with Gasteiger partial charge in [-0.3, -0.25) is 4.79 Å². The van der Waals surface area contributed by atoms with Crippen molar-refractivity contribution in [3.63, 3.8) is 0 Å². The molecule has 0 aliphatic heterocycles. The molecule has 1 unspecified atom stereocenters. The molecule has 1 fully saturated rings. The molecule has 110 valence electrons. The van der Waals surface area contributed by atoms with Gasteiger partial charge in [-0.1, -0.05) is 0 Å². The number of methoxy groups -OCH3 is 1. The zero-order valence-electron chi connectivity index (χ0n) is 11.6. The largest absolute Gasteiger partial charge is 0.467 e. The van der Waals surface area contributed by atoms with Crippen LogP contribution in [0.2, 0.25) is 0 Å². The van der Waals surface area contributed by atoms with Crippen molar-refractivity contribution in [2.24, 2.45) is 5.92 Å². The van der Waals surface area contributed by atoms with Gasteiger partial charge in [-0.15, -0.1) is 0 Å². The topological polar surface area (TPSA) is 87.7 Å². The third-order valence-corrected chi connectivity index (χ3v) is 3.46. The van der Waals surface area contributed by atoms with E-state index in [0.29, 0.717) is 12.5 Å². The molecular formula is C13H24N2O4. The van der Waals surface area contributed by atoms with Gasteiger partial charge in [0, 0.05) is 13.5 Å². The highest BCUT2D eigenvalue weighted by Gasteiger charge is 2.22. The van der Waals surface area contributed by atoms with E-state index in [2.05, 4.69) is 15.4 Å². The monoisotopic (exact) mass is 272 g/mol. The molecule has 0 bridgehead atoms. The van der Waals surface area contributed by atoms with Gasteiger partial charge < -0.3 is 20.5 Å². The lowest BCUT2D eigenvalue weighted by Gasteiger charge is -2.26. The molecule has 0 radical (unpaired) electrons. The first kappa shape index (κ1) is 15.9. The molecule has 1 atom stereocenters. The van der Waals surface area contributed by atoms with E-state index in [4.69, 9.17) is 0 Å². The first-order valence-corrected chi connectivity index (χ1v) is 6.76. The summed E-state index contributed by atoms with van der Waals surface area (Å²) in [6.07, 6.45) is 3.53. The first-order chi connectivity index (χ1) is 9.02. The Bertz CT molecular complexity index is 301. The normalized spacial score (nSPS) is 24.6. The number of aliphatic hydroxyl groups excluding tert-OH is 1. The van der Waals surface area contributed by atoms with Crippen LogP contribution in [0.25, 0.3) is 0 Å². The molecule has 1 rings (SSSR count). The average molecular weight is 272 g/mol.